The quantitative estimate of drug-likeness (QED) is 0.0612. The molecule has 0 radical (unpaired) electrons. The molecule has 10 N–H and O–H groups in total. The van der Waals surface area contributed by atoms with E-state index in [2.05, 4.69) is 25.1 Å². The molecule has 0 aromatic heterocycles. The topological polar surface area (TPSA) is 499 Å². The second kappa shape index (κ2) is 18.5. The van der Waals surface area contributed by atoms with Gasteiger partial charge in [-0.1, -0.05) is 0 Å². The Labute approximate surface area is 325 Å². The zero-order chi connectivity index (χ0) is 44.4. The molecule has 0 aliphatic carbocycles. The van der Waals surface area contributed by atoms with Crippen LogP contribution in [0.2, 0.25) is 0 Å². The van der Waals surface area contributed by atoms with E-state index in [-0.39, 0.29) is 0 Å². The lowest BCUT2D eigenvalue weighted by Crippen LogP contribution is -2.66. The van der Waals surface area contributed by atoms with Crippen LogP contribution in [-0.2, 0) is 97.0 Å². The summed E-state index contributed by atoms with van der Waals surface area (Å²) < 4.78 is 226. The van der Waals surface area contributed by atoms with E-state index in [0.29, 0.717) is 0 Å². The van der Waals surface area contributed by atoms with Crippen LogP contribution in [0.15, 0.2) is 24.3 Å². The van der Waals surface area contributed by atoms with Gasteiger partial charge in [-0.2, -0.15) is 50.5 Å². The van der Waals surface area contributed by atoms with E-state index in [1.807, 2.05) is 10.6 Å². The summed E-state index contributed by atoms with van der Waals surface area (Å²) in [4.78, 5) is 26.3. The molecule has 0 spiro atoms. The fourth-order valence-corrected chi connectivity index (χ4v) is 7.65. The van der Waals surface area contributed by atoms with Crippen molar-refractivity contribution in [1.29, 1.82) is 0 Å². The summed E-state index contributed by atoms with van der Waals surface area (Å²) in [5.74, 6) is -2.77. The highest BCUT2D eigenvalue weighted by Crippen LogP contribution is 2.30. The average molecular weight is 969 g/mol. The maximum atomic E-state index is 13.1. The molecule has 2 unspecified atom stereocenters. The van der Waals surface area contributed by atoms with Gasteiger partial charge in [-0.15, -0.1) is 0 Å². The highest BCUT2D eigenvalue weighted by atomic mass is 32.3. The largest absolute Gasteiger partial charge is 0.397 e. The number of hydrogen-bond donors (Lipinski definition) is 10. The number of benzene rings is 1. The van der Waals surface area contributed by atoms with Crippen molar-refractivity contribution in [2.45, 2.75) is 61.3 Å². The van der Waals surface area contributed by atoms with Crippen LogP contribution in [0.1, 0.15) is 20.7 Å². The number of aliphatic hydroxyl groups excluding tert-OH is 2. The molecule has 1 aromatic rings. The van der Waals surface area contributed by atoms with Crippen LogP contribution in [0.25, 0.3) is 0 Å². The molecule has 2 saturated heterocycles. The standard InChI is InChI=1S/C20H28N2O30S6/c23-17(21-11-15(51-57(39,40)41)13(49-55(33,34)35)9(47-19(11)25)5-45-53(27,28)29)7-1-2-8(4-3-7)18(24)22-12-16(52-58(42,43)44)14(50-56(36,37)38)10(48-20(12)26)6-46-54(30,31)32/h1-4,9-16,19-20,25-26H,5-6H2,(H,21,23)(H,22,24)(H,27,28,29)(H,30,31,32)(H,33,34,35)(H,36,37,38)(H,39,40,41)(H,42,43,44)/t9-,10-,11+,12+,13-,14-,15-,16-,19?,20?/m1/s1. The van der Waals surface area contributed by atoms with Gasteiger partial charge in [-0.3, -0.25) is 36.9 Å². The van der Waals surface area contributed by atoms with Crippen molar-refractivity contribution in [1.82, 2.24) is 10.6 Å². The van der Waals surface area contributed by atoms with Gasteiger partial charge in [0.05, 0.1) is 13.2 Å². The van der Waals surface area contributed by atoms with E-state index in [4.69, 9.17) is 18.6 Å². The van der Waals surface area contributed by atoms with Crippen molar-refractivity contribution < 1.29 is 132 Å². The van der Waals surface area contributed by atoms with Gasteiger partial charge < -0.3 is 30.3 Å². The van der Waals surface area contributed by atoms with Crippen molar-refractivity contribution in [2.24, 2.45) is 0 Å². The molecule has 2 amide bonds. The smallest absolute Gasteiger partial charge is 0.366 e. The maximum absolute atomic E-state index is 13.1. The number of nitrogens with one attached hydrogen (secondary N) is 2. The first kappa shape index (κ1) is 49.6. The SMILES string of the molecule is O=C(N[C@@H]1C(O)O[C@H](COS(=O)(=O)O)[C@@H](OS(=O)(=O)O)[C@@H]1OS(=O)(=O)O)c1ccc(C(=O)N[C@@H]2C(O)O[C@H](COS(=O)(=O)O)[C@@H](OS(=O)(=O)O)[C@@H]2OS(=O)(=O)O)cc1. The summed E-state index contributed by atoms with van der Waals surface area (Å²) in [7, 11) is -33.4. The molecule has 2 fully saturated rings. The molecule has 2 heterocycles. The van der Waals surface area contributed by atoms with E-state index in [1.165, 1.54) is 0 Å². The first-order chi connectivity index (χ1) is 26.1. The number of carbonyl (C=O) groups is 2. The lowest BCUT2D eigenvalue weighted by atomic mass is 9.96. The summed E-state index contributed by atoms with van der Waals surface area (Å²) in [6.45, 7) is -2.95. The zero-order valence-electron chi connectivity index (χ0n) is 27.5. The van der Waals surface area contributed by atoms with Gasteiger partial charge in [0.1, 0.15) is 48.7 Å². The van der Waals surface area contributed by atoms with Crippen LogP contribution < -0.4 is 10.6 Å². The normalized spacial score (nSPS) is 29.0. The minimum absolute atomic E-state index is 0.546. The van der Waals surface area contributed by atoms with Crippen LogP contribution in [0.5, 0.6) is 0 Å². The second-order valence-corrected chi connectivity index (χ2v) is 17.5. The number of amides is 2. The summed E-state index contributed by atoms with van der Waals surface area (Å²) in [5.41, 5.74) is -1.09. The van der Waals surface area contributed by atoms with Crippen LogP contribution in [0, 0.1) is 0 Å². The second-order valence-electron chi connectivity index (χ2n) is 11.1. The first-order valence-corrected chi connectivity index (χ1v) is 22.6. The lowest BCUT2D eigenvalue weighted by molar-refractivity contribution is -0.241. The number of hydrogen-bond acceptors (Lipinski definition) is 24. The Balaban J connectivity index is 1.91. The Kier molecular flexibility index (Phi) is 15.8. The van der Waals surface area contributed by atoms with Gasteiger partial charge in [0.2, 0.25) is 0 Å². The number of rotatable bonds is 18. The molecular weight excluding hydrogens is 941 g/mol. The van der Waals surface area contributed by atoms with Crippen LogP contribution in [0.3, 0.4) is 0 Å². The predicted octanol–water partition coefficient (Wildman–Crippen LogP) is -6.29. The van der Waals surface area contributed by atoms with E-state index in [1.54, 1.807) is 0 Å². The van der Waals surface area contributed by atoms with E-state index >= 15 is 0 Å². The van der Waals surface area contributed by atoms with E-state index in [0.717, 1.165) is 24.3 Å². The third kappa shape index (κ3) is 16.0. The number of carbonyl (C=O) groups excluding carboxylic acids is 2. The van der Waals surface area contributed by atoms with Crippen LogP contribution in [-0.4, -0.2) is 174 Å². The summed E-state index contributed by atoms with van der Waals surface area (Å²) in [5, 5.41) is 24.8. The van der Waals surface area contributed by atoms with Gasteiger partial charge in [0.15, 0.2) is 12.6 Å². The van der Waals surface area contributed by atoms with Crippen molar-refractivity contribution in [2.75, 3.05) is 13.2 Å². The summed E-state index contributed by atoms with van der Waals surface area (Å²) in [6, 6.07) is -1.55. The molecule has 10 atom stereocenters. The Bertz CT molecular complexity index is 2170. The summed E-state index contributed by atoms with van der Waals surface area (Å²) >= 11 is 0. The monoisotopic (exact) mass is 968 g/mol. The average Bonchev–Trinajstić information content (AvgIpc) is 3.02. The van der Waals surface area contributed by atoms with Crippen LogP contribution >= 0.6 is 0 Å². The molecule has 334 valence electrons. The Morgan fingerprint density at radius 1 is 0.483 bits per heavy atom. The van der Waals surface area contributed by atoms with Gasteiger partial charge in [-0.05, 0) is 24.3 Å². The first-order valence-electron chi connectivity index (χ1n) is 14.4. The van der Waals surface area contributed by atoms with Crippen molar-refractivity contribution in [3.05, 3.63) is 35.4 Å². The van der Waals surface area contributed by atoms with Gasteiger partial charge in [-0.25, -0.2) is 25.1 Å². The molecule has 32 nitrogen and oxygen atoms in total. The number of ether oxygens (including phenoxy) is 2. The zero-order valence-corrected chi connectivity index (χ0v) is 32.4. The molecule has 0 saturated carbocycles. The summed E-state index contributed by atoms with van der Waals surface area (Å²) in [6.07, 6.45) is -20.1. The third-order valence-electron chi connectivity index (χ3n) is 7.03. The van der Waals surface area contributed by atoms with Crippen molar-refractivity contribution >= 4 is 74.2 Å². The highest BCUT2D eigenvalue weighted by Gasteiger charge is 2.53. The lowest BCUT2D eigenvalue weighted by Gasteiger charge is -2.42. The number of aliphatic hydroxyl groups is 2. The molecule has 0 bridgehead atoms. The van der Waals surface area contributed by atoms with Crippen LogP contribution in [0.4, 0.5) is 0 Å². The predicted molar refractivity (Wildman–Crippen MR) is 171 cm³/mol. The fraction of sp³-hybridized carbons (Fsp3) is 0.600. The molecule has 2 aliphatic rings. The molecule has 3 rings (SSSR count). The Morgan fingerprint density at radius 2 is 0.741 bits per heavy atom. The maximum Gasteiger partial charge on any atom is 0.397 e. The third-order valence-corrected chi connectivity index (χ3v) is 9.76. The van der Waals surface area contributed by atoms with Gasteiger partial charge in [0.25, 0.3) is 11.8 Å². The Hall–Kier alpha value is -2.78. The fourth-order valence-electron chi connectivity index (χ4n) is 4.99. The molecule has 58 heavy (non-hydrogen) atoms. The molecule has 2 aliphatic heterocycles. The molecular formula is C20H28N2O30S6. The van der Waals surface area contributed by atoms with E-state index < -0.39 is 160 Å². The molecule has 38 heteroatoms. The molecule has 1 aromatic carbocycles. The van der Waals surface area contributed by atoms with Gasteiger partial charge in [0, 0.05) is 11.1 Å². The highest BCUT2D eigenvalue weighted by molar-refractivity contribution is 7.82. The van der Waals surface area contributed by atoms with Crippen molar-refractivity contribution in [3.8, 4) is 0 Å². The minimum atomic E-state index is -5.71. The van der Waals surface area contributed by atoms with Gasteiger partial charge >= 0.3 is 62.4 Å². The van der Waals surface area contributed by atoms with E-state index in [9.17, 15) is 88.5 Å². The van der Waals surface area contributed by atoms with Crippen molar-refractivity contribution in [3.63, 3.8) is 0 Å². The Morgan fingerprint density at radius 3 is 0.983 bits per heavy atom. The minimum Gasteiger partial charge on any atom is -0.366 e.